The Hall–Kier alpha value is -3.10. The van der Waals surface area contributed by atoms with E-state index in [4.69, 9.17) is 52.9 Å². The summed E-state index contributed by atoms with van der Waals surface area (Å²) in [5, 5.41) is 2.93. The summed E-state index contributed by atoms with van der Waals surface area (Å²) in [4.78, 5) is 53.2. The van der Waals surface area contributed by atoms with Gasteiger partial charge in [0, 0.05) is 19.4 Å². The van der Waals surface area contributed by atoms with Crippen LogP contribution in [-0.4, -0.2) is 104 Å². The van der Waals surface area contributed by atoms with Crippen LogP contribution in [-0.2, 0) is 47.6 Å². The highest BCUT2D eigenvalue weighted by Crippen LogP contribution is 2.13. The van der Waals surface area contributed by atoms with E-state index in [0.717, 1.165) is 63.7 Å². The van der Waals surface area contributed by atoms with Crippen molar-refractivity contribution >= 4 is 59.0 Å². The van der Waals surface area contributed by atoms with Gasteiger partial charge in [0.15, 0.2) is 0 Å². The lowest BCUT2D eigenvalue weighted by Gasteiger charge is -2.24. The summed E-state index contributed by atoms with van der Waals surface area (Å²) >= 11 is 10.3. The number of nitrogens with zero attached hydrogens (tertiary/aromatic N) is 1. The highest BCUT2D eigenvalue weighted by atomic mass is 32.1. The molecule has 0 saturated carbocycles. The monoisotopic (exact) mass is 854 g/mol. The Kier molecular flexibility index (Phi) is 34.8. The molecule has 0 radical (unpaired) electrons. The third-order valence-electron chi connectivity index (χ3n) is 9.55. The first kappa shape index (κ1) is 52.9. The molecule has 1 rings (SSSR count). The van der Waals surface area contributed by atoms with Crippen LogP contribution in [0.25, 0.3) is 0 Å². The van der Waals surface area contributed by atoms with Crippen molar-refractivity contribution in [1.29, 1.82) is 0 Å². The van der Waals surface area contributed by atoms with Crippen LogP contribution in [0, 0.1) is 0 Å². The number of nitrogens with one attached hydrogen (secondary N) is 1. The molecule has 12 nitrogen and oxygen atoms in total. The zero-order valence-electron chi connectivity index (χ0n) is 35.6. The van der Waals surface area contributed by atoms with Crippen LogP contribution in [0.1, 0.15) is 155 Å². The van der Waals surface area contributed by atoms with Gasteiger partial charge in [0.2, 0.25) is 12.2 Å². The zero-order valence-corrected chi connectivity index (χ0v) is 37.2. The fourth-order valence-corrected chi connectivity index (χ4v) is 6.47. The standard InChI is InChI=1S/C44H74N2O10S2/c1-3-5-7-9-11-13-23-33-51-38(47)27-17-15-25-35-53-42(49)40(55-37-57)41(56-44(58)45-29-19-20-30-46-31-21-22-32-46)43(50)54-36-26-16-18-28-39(48)52-34-24-14-12-10-8-6-4-2/h13-14,23-24,37,40-41H,3-12,15-22,25-36H2,1-2H3,(H,45,58)/b23-13-,24-14-. The van der Waals surface area contributed by atoms with Crippen molar-refractivity contribution in [1.82, 2.24) is 10.2 Å². The summed E-state index contributed by atoms with van der Waals surface area (Å²) in [6, 6.07) is 0. The minimum absolute atomic E-state index is 0.0301. The van der Waals surface area contributed by atoms with E-state index in [2.05, 4.69) is 36.2 Å². The third-order valence-corrected chi connectivity index (χ3v) is 9.90. The number of thiocarbonyl (C=S) groups is 2. The maximum Gasteiger partial charge on any atom is 0.352 e. The van der Waals surface area contributed by atoms with Crippen molar-refractivity contribution < 1.29 is 47.6 Å². The Morgan fingerprint density at radius 2 is 1.14 bits per heavy atom. The van der Waals surface area contributed by atoms with Crippen LogP contribution in [0.3, 0.4) is 0 Å². The molecular weight excluding hydrogens is 781 g/mol. The molecule has 2 unspecified atom stereocenters. The molecule has 0 aromatic rings. The number of esters is 4. The molecule has 1 heterocycles. The quantitative estimate of drug-likeness (QED) is 0.0209. The smallest absolute Gasteiger partial charge is 0.352 e. The van der Waals surface area contributed by atoms with E-state index >= 15 is 0 Å². The van der Waals surface area contributed by atoms with Gasteiger partial charge in [0.1, 0.15) is 18.8 Å². The SMILES string of the molecule is CCCCCC/C=C\COC(=O)CCCCCOC(=O)C(OC=S)C(OC(=S)NCCCCN1CCCC1)C(=O)OCCCCCC(=O)OC/C=C\CCCCCC. The van der Waals surface area contributed by atoms with Crippen molar-refractivity contribution in [2.45, 2.75) is 167 Å². The summed E-state index contributed by atoms with van der Waals surface area (Å²) in [5.41, 5.74) is 0.875. The van der Waals surface area contributed by atoms with Crippen LogP contribution in [0.5, 0.6) is 0 Å². The molecule has 0 spiro atoms. The van der Waals surface area contributed by atoms with E-state index in [-0.39, 0.29) is 56.4 Å². The molecule has 1 saturated heterocycles. The zero-order chi connectivity index (χ0) is 42.3. The summed E-state index contributed by atoms with van der Waals surface area (Å²) in [7, 11) is 0. The molecule has 332 valence electrons. The van der Waals surface area contributed by atoms with Crippen LogP contribution in [0.15, 0.2) is 24.3 Å². The molecule has 1 aliphatic heterocycles. The van der Waals surface area contributed by atoms with Gasteiger partial charge in [0.05, 0.1) is 13.2 Å². The highest BCUT2D eigenvalue weighted by molar-refractivity contribution is 7.80. The van der Waals surface area contributed by atoms with Crippen molar-refractivity contribution in [3.8, 4) is 0 Å². The van der Waals surface area contributed by atoms with Gasteiger partial charge in [-0.3, -0.25) is 9.59 Å². The Balaban J connectivity index is 2.54. The number of allylic oxidation sites excluding steroid dienone is 2. The fourth-order valence-electron chi connectivity index (χ4n) is 6.14. The number of carbonyl (C=O) groups is 4. The second-order valence-electron chi connectivity index (χ2n) is 14.6. The van der Waals surface area contributed by atoms with Gasteiger partial charge in [-0.2, -0.15) is 0 Å². The average molecular weight is 855 g/mol. The van der Waals surface area contributed by atoms with Crippen LogP contribution in [0.4, 0.5) is 0 Å². The lowest BCUT2D eigenvalue weighted by molar-refractivity contribution is -0.170. The molecular formula is C44H74N2O10S2. The van der Waals surface area contributed by atoms with Gasteiger partial charge >= 0.3 is 23.9 Å². The van der Waals surface area contributed by atoms with E-state index in [1.807, 2.05) is 12.2 Å². The molecule has 58 heavy (non-hydrogen) atoms. The number of ether oxygens (including phenoxy) is 6. The lowest BCUT2D eigenvalue weighted by atomic mass is 10.1. The molecule has 1 N–H and O–H groups in total. The minimum Gasteiger partial charge on any atom is -0.470 e. The molecule has 0 aromatic heterocycles. The van der Waals surface area contributed by atoms with Gasteiger partial charge in [-0.1, -0.05) is 76.7 Å². The predicted octanol–water partition coefficient (Wildman–Crippen LogP) is 8.81. The van der Waals surface area contributed by atoms with Gasteiger partial charge in [0.25, 0.3) is 5.17 Å². The first-order valence-electron chi connectivity index (χ1n) is 22.0. The Labute approximate surface area is 359 Å². The molecule has 1 fully saturated rings. The average Bonchev–Trinajstić information content (AvgIpc) is 3.74. The number of hydrogen-bond donors (Lipinski definition) is 1. The van der Waals surface area contributed by atoms with Gasteiger partial charge in [-0.25, -0.2) is 9.59 Å². The molecule has 14 heteroatoms. The number of likely N-dealkylation sites (tertiary alicyclic amines) is 1. The van der Waals surface area contributed by atoms with Gasteiger partial charge in [-0.15, -0.1) is 0 Å². The van der Waals surface area contributed by atoms with E-state index in [1.54, 1.807) is 0 Å². The number of hydrogen-bond acceptors (Lipinski definition) is 13. The van der Waals surface area contributed by atoms with E-state index in [0.29, 0.717) is 45.1 Å². The largest absolute Gasteiger partial charge is 0.470 e. The van der Waals surface area contributed by atoms with E-state index in [9.17, 15) is 19.2 Å². The number of unbranched alkanes of at least 4 members (excludes halogenated alkanes) is 13. The first-order chi connectivity index (χ1) is 28.3. The lowest BCUT2D eigenvalue weighted by Crippen LogP contribution is -2.47. The van der Waals surface area contributed by atoms with Gasteiger partial charge in [-0.05, 0) is 134 Å². The molecule has 0 amide bonds. The fraction of sp³-hybridized carbons (Fsp3) is 0.773. The van der Waals surface area contributed by atoms with E-state index < -0.39 is 24.1 Å². The number of rotatable bonds is 37. The van der Waals surface area contributed by atoms with Crippen molar-refractivity contribution in [3.63, 3.8) is 0 Å². The second-order valence-corrected chi connectivity index (χ2v) is 15.2. The van der Waals surface area contributed by atoms with Crippen molar-refractivity contribution in [3.05, 3.63) is 24.3 Å². The Morgan fingerprint density at radius 1 is 0.621 bits per heavy atom. The molecule has 1 aliphatic rings. The summed E-state index contributed by atoms with van der Waals surface area (Å²) in [6.07, 6.45) is 24.5. The second kappa shape index (κ2) is 38.1. The maximum absolute atomic E-state index is 13.3. The van der Waals surface area contributed by atoms with Crippen LogP contribution >= 0.6 is 24.4 Å². The van der Waals surface area contributed by atoms with Crippen molar-refractivity contribution in [2.24, 2.45) is 0 Å². The topological polar surface area (TPSA) is 139 Å². The highest BCUT2D eigenvalue weighted by Gasteiger charge is 2.40. The van der Waals surface area contributed by atoms with E-state index in [1.165, 1.54) is 51.4 Å². The first-order valence-corrected chi connectivity index (χ1v) is 22.9. The summed E-state index contributed by atoms with van der Waals surface area (Å²) in [6.45, 7) is 8.76. The molecule has 2 atom stereocenters. The molecule has 0 aliphatic carbocycles. The normalized spacial score (nSPS) is 13.9. The van der Waals surface area contributed by atoms with Crippen LogP contribution < -0.4 is 5.32 Å². The molecule has 0 aromatic carbocycles. The summed E-state index contributed by atoms with van der Waals surface area (Å²) in [5.74, 6) is -2.26. The summed E-state index contributed by atoms with van der Waals surface area (Å²) < 4.78 is 32.6. The Morgan fingerprint density at radius 3 is 1.66 bits per heavy atom. The van der Waals surface area contributed by atoms with Gasteiger partial charge < -0.3 is 38.6 Å². The number of carbonyl (C=O) groups excluding carboxylic acids is 4. The van der Waals surface area contributed by atoms with Crippen molar-refractivity contribution in [2.75, 3.05) is 52.6 Å². The maximum atomic E-state index is 13.3. The Bertz CT molecular complexity index is 1180. The predicted molar refractivity (Wildman–Crippen MR) is 235 cm³/mol. The molecule has 0 bridgehead atoms. The third kappa shape index (κ3) is 30.0. The minimum atomic E-state index is -1.58. The van der Waals surface area contributed by atoms with Crippen LogP contribution in [0.2, 0.25) is 0 Å².